The maximum absolute atomic E-state index is 11.6. The van der Waals surface area contributed by atoms with Gasteiger partial charge in [-0.1, -0.05) is 58.3 Å². The van der Waals surface area contributed by atoms with Crippen LogP contribution in [-0.4, -0.2) is 24.1 Å². The second-order valence-corrected chi connectivity index (χ2v) is 6.40. The van der Waals surface area contributed by atoms with Crippen LogP contribution >= 0.6 is 0 Å². The number of rotatable bonds is 15. The van der Waals surface area contributed by atoms with E-state index in [2.05, 4.69) is 6.92 Å². The molecular weight excluding hydrogens is 334 g/mol. The van der Waals surface area contributed by atoms with E-state index in [0.717, 1.165) is 12.8 Å². The van der Waals surface area contributed by atoms with Gasteiger partial charge in [-0.2, -0.15) is 0 Å². The predicted octanol–water partition coefficient (Wildman–Crippen LogP) is 5.44. The molecule has 1 aromatic rings. The third-order valence-electron chi connectivity index (χ3n) is 4.15. The first-order chi connectivity index (χ1) is 12.6. The van der Waals surface area contributed by atoms with E-state index in [1.54, 1.807) is 0 Å². The van der Waals surface area contributed by atoms with E-state index in [0.29, 0.717) is 12.2 Å². The molecule has 0 unspecified atom stereocenters. The number of nitrogens with zero attached hydrogens (tertiary/aromatic N) is 1. The summed E-state index contributed by atoms with van der Waals surface area (Å²) in [7, 11) is 0. The zero-order chi connectivity index (χ0) is 19.0. The molecule has 0 aliphatic carbocycles. The van der Waals surface area contributed by atoms with Crippen LogP contribution in [0.1, 0.15) is 71.1 Å². The van der Waals surface area contributed by atoms with Crippen molar-refractivity contribution in [2.75, 3.05) is 13.2 Å². The molecule has 0 saturated carbocycles. The van der Waals surface area contributed by atoms with E-state index in [9.17, 15) is 14.9 Å². The Morgan fingerprint density at radius 2 is 1.50 bits per heavy atom. The average molecular weight is 365 g/mol. The van der Waals surface area contributed by atoms with Crippen molar-refractivity contribution in [3.8, 4) is 5.75 Å². The highest BCUT2D eigenvalue weighted by Crippen LogP contribution is 2.17. The summed E-state index contributed by atoms with van der Waals surface area (Å²) in [4.78, 5) is 21.7. The molecule has 0 aromatic heterocycles. The molecule has 0 bridgehead atoms. The molecule has 0 radical (unpaired) electrons. The fraction of sp³-hybridized carbons (Fsp3) is 0.650. The van der Waals surface area contributed by atoms with Gasteiger partial charge in [-0.15, -0.1) is 0 Å². The van der Waals surface area contributed by atoms with Gasteiger partial charge in [0.2, 0.25) is 0 Å². The van der Waals surface area contributed by atoms with Crippen molar-refractivity contribution in [2.24, 2.45) is 0 Å². The van der Waals surface area contributed by atoms with Crippen molar-refractivity contribution in [2.45, 2.75) is 71.1 Å². The average Bonchev–Trinajstić information content (AvgIpc) is 2.64. The number of carbonyl (C=O) groups excluding carboxylic acids is 1. The Bertz CT molecular complexity index is 515. The van der Waals surface area contributed by atoms with Gasteiger partial charge in [0.15, 0.2) is 0 Å². The number of hydrogen-bond donors (Lipinski definition) is 0. The standard InChI is InChI=1S/C20H31NO5/c1-2-3-4-5-6-7-8-9-10-11-20(22)26-17-16-25-19-14-12-18(13-15-19)21(23)24/h12-15H,2-11,16-17H2,1H3. The summed E-state index contributed by atoms with van der Waals surface area (Å²) in [5.41, 5.74) is 0.0183. The van der Waals surface area contributed by atoms with Crippen LogP contribution in [0.5, 0.6) is 5.75 Å². The molecule has 1 rings (SSSR count). The van der Waals surface area contributed by atoms with Gasteiger partial charge >= 0.3 is 5.97 Å². The van der Waals surface area contributed by atoms with Gasteiger partial charge in [0.25, 0.3) is 5.69 Å². The molecule has 146 valence electrons. The van der Waals surface area contributed by atoms with Crippen LogP contribution in [0.25, 0.3) is 0 Å². The van der Waals surface area contributed by atoms with Crippen molar-refractivity contribution in [3.05, 3.63) is 34.4 Å². The van der Waals surface area contributed by atoms with Gasteiger partial charge in [0.05, 0.1) is 4.92 Å². The molecule has 6 heteroatoms. The third-order valence-corrected chi connectivity index (χ3v) is 4.15. The van der Waals surface area contributed by atoms with Crippen molar-refractivity contribution >= 4 is 11.7 Å². The first-order valence-electron chi connectivity index (χ1n) is 9.66. The molecule has 0 amide bonds. The van der Waals surface area contributed by atoms with Gasteiger partial charge in [-0.25, -0.2) is 0 Å². The molecule has 0 fully saturated rings. The van der Waals surface area contributed by atoms with Crippen LogP contribution in [-0.2, 0) is 9.53 Å². The van der Waals surface area contributed by atoms with Crippen LogP contribution in [0.3, 0.4) is 0 Å². The molecular formula is C20H31NO5. The van der Waals surface area contributed by atoms with Gasteiger partial charge in [0, 0.05) is 18.6 Å². The number of unbranched alkanes of at least 4 members (excludes halogenated alkanes) is 8. The van der Waals surface area contributed by atoms with Gasteiger partial charge in [-0.3, -0.25) is 14.9 Å². The van der Waals surface area contributed by atoms with Gasteiger partial charge in [0.1, 0.15) is 19.0 Å². The molecule has 26 heavy (non-hydrogen) atoms. The Hall–Kier alpha value is -2.11. The number of nitro groups is 1. The number of benzene rings is 1. The van der Waals surface area contributed by atoms with E-state index >= 15 is 0 Å². The highest BCUT2D eigenvalue weighted by molar-refractivity contribution is 5.69. The molecule has 6 nitrogen and oxygen atoms in total. The minimum atomic E-state index is -0.460. The Morgan fingerprint density at radius 3 is 2.08 bits per heavy atom. The van der Waals surface area contributed by atoms with Crippen molar-refractivity contribution in [3.63, 3.8) is 0 Å². The summed E-state index contributed by atoms with van der Waals surface area (Å²) in [6.07, 6.45) is 11.4. The first-order valence-corrected chi connectivity index (χ1v) is 9.66. The second kappa shape index (κ2) is 14.1. The lowest BCUT2D eigenvalue weighted by Crippen LogP contribution is -2.12. The second-order valence-electron chi connectivity index (χ2n) is 6.40. The Labute approximate surface area is 156 Å². The van der Waals surface area contributed by atoms with Gasteiger partial charge in [-0.05, 0) is 18.6 Å². The Morgan fingerprint density at radius 1 is 0.923 bits per heavy atom. The third kappa shape index (κ3) is 10.7. The van der Waals surface area contributed by atoms with E-state index in [4.69, 9.17) is 9.47 Å². The predicted molar refractivity (Wildman–Crippen MR) is 101 cm³/mol. The SMILES string of the molecule is CCCCCCCCCCCC(=O)OCCOc1ccc([N+](=O)[O-])cc1. The van der Waals surface area contributed by atoms with Gasteiger partial charge < -0.3 is 9.47 Å². The summed E-state index contributed by atoms with van der Waals surface area (Å²) in [5, 5.41) is 10.6. The van der Waals surface area contributed by atoms with E-state index in [-0.39, 0.29) is 24.9 Å². The largest absolute Gasteiger partial charge is 0.490 e. The molecule has 0 aliphatic rings. The summed E-state index contributed by atoms with van der Waals surface area (Å²) < 4.78 is 10.5. The zero-order valence-electron chi connectivity index (χ0n) is 15.8. The van der Waals surface area contributed by atoms with Crippen LogP contribution < -0.4 is 4.74 Å². The minimum Gasteiger partial charge on any atom is -0.490 e. The summed E-state index contributed by atoms with van der Waals surface area (Å²) in [6.45, 7) is 2.65. The lowest BCUT2D eigenvalue weighted by Gasteiger charge is -2.07. The minimum absolute atomic E-state index is 0.0183. The Balaban J connectivity index is 1.96. The van der Waals surface area contributed by atoms with Crippen LogP contribution in [0, 0.1) is 10.1 Å². The number of carbonyl (C=O) groups is 1. The molecule has 0 aliphatic heterocycles. The summed E-state index contributed by atoms with van der Waals surface area (Å²) in [6, 6.07) is 5.82. The zero-order valence-corrected chi connectivity index (χ0v) is 15.8. The smallest absolute Gasteiger partial charge is 0.305 e. The van der Waals surface area contributed by atoms with Crippen LogP contribution in [0.15, 0.2) is 24.3 Å². The summed E-state index contributed by atoms with van der Waals surface area (Å²) in [5.74, 6) is 0.325. The normalized spacial score (nSPS) is 10.5. The van der Waals surface area contributed by atoms with Crippen molar-refractivity contribution in [1.82, 2.24) is 0 Å². The van der Waals surface area contributed by atoms with E-state index in [1.165, 1.54) is 69.2 Å². The topological polar surface area (TPSA) is 78.7 Å². The number of ether oxygens (including phenoxy) is 2. The molecule has 0 heterocycles. The lowest BCUT2D eigenvalue weighted by molar-refractivity contribution is -0.384. The van der Waals surface area contributed by atoms with Crippen LogP contribution in [0.2, 0.25) is 0 Å². The number of nitro benzene ring substituents is 1. The first kappa shape index (κ1) is 21.9. The Kier molecular flexibility index (Phi) is 11.9. The fourth-order valence-corrected chi connectivity index (χ4v) is 2.63. The van der Waals surface area contributed by atoms with E-state index < -0.39 is 4.92 Å². The quantitative estimate of drug-likeness (QED) is 0.179. The number of non-ortho nitro benzene ring substituents is 1. The molecule has 1 aromatic carbocycles. The molecule has 0 N–H and O–H groups in total. The summed E-state index contributed by atoms with van der Waals surface area (Å²) >= 11 is 0. The molecule has 0 atom stereocenters. The molecule has 0 spiro atoms. The highest BCUT2D eigenvalue weighted by Gasteiger charge is 2.05. The van der Waals surface area contributed by atoms with Crippen molar-refractivity contribution in [1.29, 1.82) is 0 Å². The maximum atomic E-state index is 11.6. The number of hydrogen-bond acceptors (Lipinski definition) is 5. The van der Waals surface area contributed by atoms with E-state index in [1.807, 2.05) is 0 Å². The monoisotopic (exact) mass is 365 g/mol. The number of esters is 1. The lowest BCUT2D eigenvalue weighted by atomic mass is 10.1. The fourth-order valence-electron chi connectivity index (χ4n) is 2.63. The highest BCUT2D eigenvalue weighted by atomic mass is 16.6. The maximum Gasteiger partial charge on any atom is 0.305 e. The van der Waals surface area contributed by atoms with Crippen molar-refractivity contribution < 1.29 is 19.2 Å². The van der Waals surface area contributed by atoms with Crippen LogP contribution in [0.4, 0.5) is 5.69 Å². The molecule has 0 saturated heterocycles.